The molecule has 0 aliphatic heterocycles. The standard InChI is InChI=1S/C21H27ClN2O3S/c1-14-11-16(3)21(17(4)12-14)23-20(25)7-6-10-24(28(5,26)27)19-13-18(22)9-8-15(19)2/h8-9,11-13H,6-7,10H2,1-5H3,(H,23,25). The molecule has 2 rings (SSSR count). The second-order valence-corrected chi connectivity index (χ2v) is 9.53. The van der Waals surface area contributed by atoms with Gasteiger partial charge in [0.2, 0.25) is 15.9 Å². The van der Waals surface area contributed by atoms with Gasteiger partial charge in [0.1, 0.15) is 0 Å². The Kier molecular flexibility index (Phi) is 7.12. The monoisotopic (exact) mass is 422 g/mol. The third kappa shape index (κ3) is 5.72. The number of hydrogen-bond acceptors (Lipinski definition) is 3. The van der Waals surface area contributed by atoms with Crippen LogP contribution in [0.4, 0.5) is 11.4 Å². The second kappa shape index (κ2) is 8.97. The van der Waals surface area contributed by atoms with Crippen molar-refractivity contribution < 1.29 is 13.2 Å². The highest BCUT2D eigenvalue weighted by Gasteiger charge is 2.20. The lowest BCUT2D eigenvalue weighted by atomic mass is 10.0. The van der Waals surface area contributed by atoms with E-state index in [-0.39, 0.29) is 18.9 Å². The number of aryl methyl sites for hydroxylation is 4. The van der Waals surface area contributed by atoms with Gasteiger partial charge in [0.25, 0.3) is 0 Å². The Hall–Kier alpha value is -2.05. The Morgan fingerprint density at radius 1 is 1.04 bits per heavy atom. The zero-order valence-corrected chi connectivity index (χ0v) is 18.5. The van der Waals surface area contributed by atoms with Crippen LogP contribution in [0.25, 0.3) is 0 Å². The van der Waals surface area contributed by atoms with Crippen LogP contribution in [-0.2, 0) is 14.8 Å². The number of benzene rings is 2. The number of nitrogens with one attached hydrogen (secondary N) is 1. The molecule has 28 heavy (non-hydrogen) atoms. The molecule has 0 aliphatic carbocycles. The second-order valence-electron chi connectivity index (χ2n) is 7.19. The van der Waals surface area contributed by atoms with Crippen molar-refractivity contribution in [3.05, 3.63) is 57.6 Å². The van der Waals surface area contributed by atoms with Crippen LogP contribution in [0.15, 0.2) is 30.3 Å². The molecular weight excluding hydrogens is 396 g/mol. The molecule has 0 saturated heterocycles. The Balaban J connectivity index is 2.07. The van der Waals surface area contributed by atoms with E-state index >= 15 is 0 Å². The molecule has 152 valence electrons. The summed E-state index contributed by atoms with van der Waals surface area (Å²) in [6.45, 7) is 7.98. The largest absolute Gasteiger partial charge is 0.326 e. The molecule has 0 spiro atoms. The van der Waals surface area contributed by atoms with Crippen molar-refractivity contribution in [3.63, 3.8) is 0 Å². The van der Waals surface area contributed by atoms with Crippen LogP contribution >= 0.6 is 11.6 Å². The fourth-order valence-electron chi connectivity index (χ4n) is 3.28. The van der Waals surface area contributed by atoms with Crippen LogP contribution in [0.2, 0.25) is 5.02 Å². The van der Waals surface area contributed by atoms with E-state index in [2.05, 4.69) is 5.32 Å². The first-order valence-corrected chi connectivity index (χ1v) is 11.3. The van der Waals surface area contributed by atoms with Crippen LogP contribution in [0.1, 0.15) is 35.1 Å². The molecular formula is C21H27ClN2O3S. The molecule has 0 aliphatic rings. The maximum atomic E-state index is 12.4. The van der Waals surface area contributed by atoms with Crippen molar-refractivity contribution in [1.82, 2.24) is 0 Å². The number of carbonyl (C=O) groups excluding carboxylic acids is 1. The van der Waals surface area contributed by atoms with E-state index in [9.17, 15) is 13.2 Å². The lowest BCUT2D eigenvalue weighted by Crippen LogP contribution is -2.32. The molecule has 2 aromatic rings. The Morgan fingerprint density at radius 2 is 1.64 bits per heavy atom. The quantitative estimate of drug-likeness (QED) is 0.699. The summed E-state index contributed by atoms with van der Waals surface area (Å²) in [5, 5.41) is 3.42. The van der Waals surface area contributed by atoms with Crippen molar-refractivity contribution >= 4 is 38.9 Å². The van der Waals surface area contributed by atoms with Gasteiger partial charge in [-0.05, 0) is 62.9 Å². The number of nitrogens with zero attached hydrogens (tertiary/aromatic N) is 1. The van der Waals surface area contributed by atoms with Crippen LogP contribution < -0.4 is 9.62 Å². The average molecular weight is 423 g/mol. The molecule has 0 unspecified atom stereocenters. The van der Waals surface area contributed by atoms with Gasteiger partial charge >= 0.3 is 0 Å². The molecule has 0 radical (unpaired) electrons. The van der Waals surface area contributed by atoms with E-state index in [1.807, 2.05) is 39.8 Å². The van der Waals surface area contributed by atoms with Gasteiger partial charge in [0, 0.05) is 23.7 Å². The fourth-order valence-corrected chi connectivity index (χ4v) is 4.46. The van der Waals surface area contributed by atoms with Gasteiger partial charge in [-0.15, -0.1) is 0 Å². The van der Waals surface area contributed by atoms with Crippen molar-refractivity contribution in [1.29, 1.82) is 0 Å². The highest BCUT2D eigenvalue weighted by molar-refractivity contribution is 7.92. The molecule has 0 aromatic heterocycles. The fraction of sp³-hybridized carbons (Fsp3) is 0.381. The van der Waals surface area contributed by atoms with E-state index in [1.165, 1.54) is 4.31 Å². The van der Waals surface area contributed by atoms with Crippen molar-refractivity contribution in [2.75, 3.05) is 22.4 Å². The summed E-state index contributed by atoms with van der Waals surface area (Å²) >= 11 is 6.04. The maximum Gasteiger partial charge on any atom is 0.232 e. The smallest absolute Gasteiger partial charge is 0.232 e. The van der Waals surface area contributed by atoms with Gasteiger partial charge in [0.05, 0.1) is 11.9 Å². The van der Waals surface area contributed by atoms with E-state index in [0.717, 1.165) is 34.2 Å². The summed E-state index contributed by atoms with van der Waals surface area (Å²) in [4.78, 5) is 12.4. The van der Waals surface area contributed by atoms with Crippen molar-refractivity contribution in [2.45, 2.75) is 40.5 Å². The third-order valence-corrected chi connectivity index (χ3v) is 5.96. The number of halogens is 1. The zero-order chi connectivity index (χ0) is 21.1. The van der Waals surface area contributed by atoms with E-state index < -0.39 is 10.0 Å². The molecule has 1 N–H and O–H groups in total. The molecule has 0 bridgehead atoms. The van der Waals surface area contributed by atoms with Gasteiger partial charge in [-0.1, -0.05) is 35.4 Å². The third-order valence-electron chi connectivity index (χ3n) is 4.55. The SMILES string of the molecule is Cc1cc(C)c(NC(=O)CCCN(c2cc(Cl)ccc2C)S(C)(=O)=O)c(C)c1. The van der Waals surface area contributed by atoms with E-state index in [1.54, 1.807) is 18.2 Å². The van der Waals surface area contributed by atoms with Gasteiger partial charge in [-0.25, -0.2) is 8.42 Å². The van der Waals surface area contributed by atoms with Crippen LogP contribution in [0.5, 0.6) is 0 Å². The summed E-state index contributed by atoms with van der Waals surface area (Å²) in [5.74, 6) is -0.133. The molecule has 7 heteroatoms. The average Bonchev–Trinajstić information content (AvgIpc) is 2.56. The lowest BCUT2D eigenvalue weighted by Gasteiger charge is -2.24. The van der Waals surface area contributed by atoms with E-state index in [0.29, 0.717) is 17.1 Å². The molecule has 1 amide bonds. The minimum atomic E-state index is -3.49. The summed E-state index contributed by atoms with van der Waals surface area (Å²) < 4.78 is 25.8. The number of anilines is 2. The van der Waals surface area contributed by atoms with Crippen LogP contribution in [0.3, 0.4) is 0 Å². The minimum absolute atomic E-state index is 0.133. The predicted octanol–water partition coefficient (Wildman–Crippen LogP) is 4.76. The number of sulfonamides is 1. The highest BCUT2D eigenvalue weighted by atomic mass is 35.5. The molecule has 2 aromatic carbocycles. The lowest BCUT2D eigenvalue weighted by molar-refractivity contribution is -0.116. The molecule has 0 heterocycles. The number of carbonyl (C=O) groups is 1. The first kappa shape index (κ1) is 22.2. The maximum absolute atomic E-state index is 12.4. The van der Waals surface area contributed by atoms with Gasteiger partial charge in [0.15, 0.2) is 0 Å². The van der Waals surface area contributed by atoms with Gasteiger partial charge in [-0.2, -0.15) is 0 Å². The number of amides is 1. The predicted molar refractivity (Wildman–Crippen MR) is 117 cm³/mol. The highest BCUT2D eigenvalue weighted by Crippen LogP contribution is 2.27. The molecule has 0 atom stereocenters. The van der Waals surface area contributed by atoms with Crippen LogP contribution in [-0.4, -0.2) is 27.1 Å². The molecule has 0 saturated carbocycles. The first-order valence-electron chi connectivity index (χ1n) is 9.10. The number of hydrogen-bond donors (Lipinski definition) is 1. The first-order chi connectivity index (χ1) is 13.0. The summed E-state index contributed by atoms with van der Waals surface area (Å²) in [5.41, 5.74) is 5.34. The number of rotatable bonds is 7. The Labute approximate surface area is 172 Å². The molecule has 0 fully saturated rings. The Bertz CT molecular complexity index is 964. The van der Waals surface area contributed by atoms with Crippen molar-refractivity contribution in [3.8, 4) is 0 Å². The summed E-state index contributed by atoms with van der Waals surface area (Å²) in [6, 6.07) is 9.19. The van der Waals surface area contributed by atoms with Crippen LogP contribution in [0, 0.1) is 27.7 Å². The summed E-state index contributed by atoms with van der Waals surface area (Å²) in [6.07, 6.45) is 1.78. The normalized spacial score (nSPS) is 11.4. The molecule has 5 nitrogen and oxygen atoms in total. The topological polar surface area (TPSA) is 66.5 Å². The minimum Gasteiger partial charge on any atom is -0.326 e. The Morgan fingerprint density at radius 3 is 2.21 bits per heavy atom. The summed E-state index contributed by atoms with van der Waals surface area (Å²) in [7, 11) is -3.49. The van der Waals surface area contributed by atoms with Crippen molar-refractivity contribution in [2.24, 2.45) is 0 Å². The zero-order valence-electron chi connectivity index (χ0n) is 17.0. The van der Waals surface area contributed by atoms with E-state index in [4.69, 9.17) is 11.6 Å². The van der Waals surface area contributed by atoms with Gasteiger partial charge in [-0.3, -0.25) is 9.10 Å². The van der Waals surface area contributed by atoms with Gasteiger partial charge < -0.3 is 5.32 Å².